The molecule has 0 atom stereocenters. The summed E-state index contributed by atoms with van der Waals surface area (Å²) in [5, 5.41) is 2.87. The number of hydrogen-bond donors (Lipinski definition) is 1. The third-order valence-corrected chi connectivity index (χ3v) is 5.55. The molecule has 0 aliphatic heterocycles. The zero-order chi connectivity index (χ0) is 19.4. The summed E-state index contributed by atoms with van der Waals surface area (Å²) in [7, 11) is 0. The van der Waals surface area contributed by atoms with Crippen LogP contribution in [-0.4, -0.2) is 10.9 Å². The van der Waals surface area contributed by atoms with Gasteiger partial charge in [0.2, 0.25) is 0 Å². The number of benzene rings is 1. The molecule has 1 amide bonds. The number of anilines is 1. The molecular weight excluding hydrogens is 339 g/mol. The van der Waals surface area contributed by atoms with E-state index in [2.05, 4.69) is 36.3 Å². The lowest BCUT2D eigenvalue weighted by molar-refractivity contribution is 0.102. The van der Waals surface area contributed by atoms with Gasteiger partial charge in [-0.3, -0.25) is 9.78 Å². The molecule has 3 nitrogen and oxygen atoms in total. The van der Waals surface area contributed by atoms with Crippen molar-refractivity contribution in [3.8, 4) is 0 Å². The predicted molar refractivity (Wildman–Crippen MR) is 108 cm³/mol. The largest absolute Gasteiger partial charge is 0.322 e. The van der Waals surface area contributed by atoms with Gasteiger partial charge in [-0.15, -0.1) is 0 Å². The zero-order valence-corrected chi connectivity index (χ0v) is 16.3. The van der Waals surface area contributed by atoms with Crippen molar-refractivity contribution in [2.75, 3.05) is 5.32 Å². The molecule has 27 heavy (non-hydrogen) atoms. The van der Waals surface area contributed by atoms with Crippen molar-refractivity contribution in [3.05, 3.63) is 64.7 Å². The molecule has 0 radical (unpaired) electrons. The second kappa shape index (κ2) is 8.47. The Morgan fingerprint density at radius 2 is 1.89 bits per heavy atom. The zero-order valence-electron chi connectivity index (χ0n) is 16.3. The molecule has 0 unspecified atom stereocenters. The number of carbonyl (C=O) groups excluding carboxylic acids is 1. The highest BCUT2D eigenvalue weighted by Crippen LogP contribution is 2.37. The second-order valence-electron chi connectivity index (χ2n) is 7.36. The number of amides is 1. The van der Waals surface area contributed by atoms with Crippen molar-refractivity contribution in [3.63, 3.8) is 0 Å². The number of rotatable bonds is 4. The Kier molecular flexibility index (Phi) is 6.04. The van der Waals surface area contributed by atoms with Crippen molar-refractivity contribution in [2.24, 2.45) is 5.92 Å². The average molecular weight is 366 g/mol. The molecule has 0 bridgehead atoms. The SMILES string of the molecule is C/C=C(\c1ccc(NC(=O)c2cncc(F)c2C)cc1C)C1CCCCC1. The summed E-state index contributed by atoms with van der Waals surface area (Å²) in [6.07, 6.45) is 11.2. The molecule has 1 aliphatic carbocycles. The number of pyridine rings is 1. The first-order chi connectivity index (χ1) is 13.0. The van der Waals surface area contributed by atoms with Gasteiger partial charge in [0.05, 0.1) is 11.8 Å². The Morgan fingerprint density at radius 3 is 2.56 bits per heavy atom. The van der Waals surface area contributed by atoms with Crippen LogP contribution >= 0.6 is 0 Å². The molecule has 1 heterocycles. The van der Waals surface area contributed by atoms with Crippen LogP contribution in [0.4, 0.5) is 10.1 Å². The Bertz CT molecular complexity index is 867. The van der Waals surface area contributed by atoms with E-state index in [0.29, 0.717) is 17.2 Å². The number of nitrogens with one attached hydrogen (secondary N) is 1. The third kappa shape index (κ3) is 4.26. The molecule has 142 valence electrons. The highest BCUT2D eigenvalue weighted by molar-refractivity contribution is 6.05. The van der Waals surface area contributed by atoms with Crippen LogP contribution in [0, 0.1) is 25.6 Å². The van der Waals surface area contributed by atoms with Crippen LogP contribution < -0.4 is 5.32 Å². The van der Waals surface area contributed by atoms with Crippen LogP contribution in [0.2, 0.25) is 0 Å². The van der Waals surface area contributed by atoms with Gasteiger partial charge in [0.25, 0.3) is 5.91 Å². The molecule has 1 N–H and O–H groups in total. The number of carbonyl (C=O) groups is 1. The number of nitrogens with zero attached hydrogens (tertiary/aromatic N) is 1. The number of hydrogen-bond acceptors (Lipinski definition) is 2. The van der Waals surface area contributed by atoms with Crippen LogP contribution in [0.1, 0.15) is 66.1 Å². The Balaban J connectivity index is 1.80. The van der Waals surface area contributed by atoms with E-state index in [-0.39, 0.29) is 11.5 Å². The van der Waals surface area contributed by atoms with Gasteiger partial charge in [0, 0.05) is 17.4 Å². The number of allylic oxidation sites excluding steroid dienone is 2. The van der Waals surface area contributed by atoms with Gasteiger partial charge in [-0.25, -0.2) is 4.39 Å². The summed E-state index contributed by atoms with van der Waals surface area (Å²) < 4.78 is 13.7. The van der Waals surface area contributed by atoms with Crippen LogP contribution in [-0.2, 0) is 0 Å². The molecule has 3 rings (SSSR count). The molecule has 1 saturated carbocycles. The molecule has 4 heteroatoms. The predicted octanol–water partition coefficient (Wildman–Crippen LogP) is 6.07. The highest BCUT2D eigenvalue weighted by Gasteiger charge is 2.20. The standard InChI is InChI=1S/C23H27FN2O/c1-4-19(17-8-6-5-7-9-17)20-11-10-18(12-15(20)2)26-23(27)21-13-25-14-22(24)16(21)3/h4,10-14,17H,5-9H2,1-3H3,(H,26,27)/b19-4-. The molecule has 0 spiro atoms. The minimum Gasteiger partial charge on any atom is -0.322 e. The van der Waals surface area contributed by atoms with E-state index in [1.54, 1.807) is 6.92 Å². The second-order valence-corrected chi connectivity index (χ2v) is 7.36. The molecule has 0 saturated heterocycles. The van der Waals surface area contributed by atoms with Crippen molar-refractivity contribution >= 4 is 17.2 Å². The van der Waals surface area contributed by atoms with Gasteiger partial charge in [-0.2, -0.15) is 0 Å². The quantitative estimate of drug-likeness (QED) is 0.713. The van der Waals surface area contributed by atoms with Crippen LogP contribution in [0.15, 0.2) is 36.7 Å². The number of aryl methyl sites for hydroxylation is 1. The maximum atomic E-state index is 13.7. The monoisotopic (exact) mass is 366 g/mol. The van der Waals surface area contributed by atoms with Crippen molar-refractivity contribution in [1.82, 2.24) is 4.98 Å². The average Bonchev–Trinajstić information content (AvgIpc) is 2.67. The lowest BCUT2D eigenvalue weighted by Crippen LogP contribution is -2.15. The smallest absolute Gasteiger partial charge is 0.257 e. The van der Waals surface area contributed by atoms with Crippen LogP contribution in [0.3, 0.4) is 0 Å². The summed E-state index contributed by atoms with van der Waals surface area (Å²) in [6, 6.07) is 6.00. The fourth-order valence-corrected chi connectivity index (χ4v) is 4.02. The first kappa shape index (κ1) is 19.3. The fraction of sp³-hybridized carbons (Fsp3) is 0.391. The molecule has 1 aromatic heterocycles. The maximum absolute atomic E-state index is 13.7. The van der Waals surface area contributed by atoms with Crippen LogP contribution in [0.5, 0.6) is 0 Å². The van der Waals surface area contributed by atoms with Gasteiger partial charge in [-0.05, 0) is 68.4 Å². The highest BCUT2D eigenvalue weighted by atomic mass is 19.1. The first-order valence-corrected chi connectivity index (χ1v) is 9.70. The van der Waals surface area contributed by atoms with Crippen molar-refractivity contribution < 1.29 is 9.18 Å². The summed E-state index contributed by atoms with van der Waals surface area (Å²) >= 11 is 0. The van der Waals surface area contributed by atoms with Gasteiger partial charge >= 0.3 is 0 Å². The number of aromatic nitrogens is 1. The van der Waals surface area contributed by atoms with E-state index in [1.165, 1.54) is 49.4 Å². The van der Waals surface area contributed by atoms with E-state index in [4.69, 9.17) is 0 Å². The van der Waals surface area contributed by atoms with E-state index in [0.717, 1.165) is 11.8 Å². The Hall–Kier alpha value is -2.49. The van der Waals surface area contributed by atoms with Gasteiger partial charge in [0.1, 0.15) is 5.82 Å². The summed E-state index contributed by atoms with van der Waals surface area (Å²) in [5.41, 5.74) is 5.09. The third-order valence-electron chi connectivity index (χ3n) is 5.55. The first-order valence-electron chi connectivity index (χ1n) is 9.70. The molecule has 1 aliphatic rings. The lowest BCUT2D eigenvalue weighted by atomic mass is 9.80. The van der Waals surface area contributed by atoms with E-state index in [9.17, 15) is 9.18 Å². The van der Waals surface area contributed by atoms with Crippen molar-refractivity contribution in [1.29, 1.82) is 0 Å². The Morgan fingerprint density at radius 1 is 1.15 bits per heavy atom. The van der Waals surface area contributed by atoms with Crippen molar-refractivity contribution in [2.45, 2.75) is 52.9 Å². The minimum atomic E-state index is -0.473. The minimum absolute atomic E-state index is 0.257. The molecule has 1 fully saturated rings. The topological polar surface area (TPSA) is 42.0 Å². The van der Waals surface area contributed by atoms with Gasteiger partial charge in [0.15, 0.2) is 0 Å². The molecule has 2 aromatic rings. The number of halogens is 1. The van der Waals surface area contributed by atoms with Gasteiger partial charge in [-0.1, -0.05) is 31.4 Å². The summed E-state index contributed by atoms with van der Waals surface area (Å²) in [4.78, 5) is 16.3. The maximum Gasteiger partial charge on any atom is 0.257 e. The van der Waals surface area contributed by atoms with E-state index < -0.39 is 5.82 Å². The Labute approximate surface area is 160 Å². The van der Waals surface area contributed by atoms with Crippen LogP contribution in [0.25, 0.3) is 5.57 Å². The summed E-state index contributed by atoms with van der Waals surface area (Å²) in [6.45, 7) is 5.77. The molecular formula is C23H27FN2O. The normalized spacial score (nSPS) is 15.6. The summed E-state index contributed by atoms with van der Waals surface area (Å²) in [5.74, 6) is -0.187. The van der Waals surface area contributed by atoms with Gasteiger partial charge < -0.3 is 5.32 Å². The lowest BCUT2D eigenvalue weighted by Gasteiger charge is -2.26. The molecule has 1 aromatic carbocycles. The fourth-order valence-electron chi connectivity index (χ4n) is 4.02. The van der Waals surface area contributed by atoms with E-state index in [1.807, 2.05) is 12.1 Å². The van der Waals surface area contributed by atoms with E-state index >= 15 is 0 Å².